The minimum Gasteiger partial charge on any atom is -0.497 e. The van der Waals surface area contributed by atoms with E-state index < -0.39 is 0 Å². The maximum absolute atomic E-state index is 5.18. The van der Waals surface area contributed by atoms with Crippen LogP contribution in [0.3, 0.4) is 0 Å². The summed E-state index contributed by atoms with van der Waals surface area (Å²) in [5, 5.41) is 0. The van der Waals surface area contributed by atoms with Crippen molar-refractivity contribution in [1.29, 1.82) is 0 Å². The summed E-state index contributed by atoms with van der Waals surface area (Å²) in [4.78, 5) is 2.44. The van der Waals surface area contributed by atoms with Crippen LogP contribution in [0.1, 0.15) is 0 Å². The summed E-state index contributed by atoms with van der Waals surface area (Å²) in [6.07, 6.45) is 0. The van der Waals surface area contributed by atoms with Crippen molar-refractivity contribution in [3.05, 3.63) is 54.6 Å². The molecule has 0 amide bonds. The van der Waals surface area contributed by atoms with Crippen molar-refractivity contribution in [2.24, 2.45) is 0 Å². The number of hydrogen-bond acceptors (Lipinski definition) is 2. The molecule has 2 aromatic rings. The van der Waals surface area contributed by atoms with Crippen molar-refractivity contribution in [2.45, 2.75) is 9.79 Å². The maximum atomic E-state index is 5.18. The number of ether oxygens (including phenoxy) is 1. The molecule has 0 saturated carbocycles. The molecule has 0 fully saturated rings. The molecule has 0 aliphatic carbocycles. The lowest BCUT2D eigenvalue weighted by atomic mass is 10.3. The Morgan fingerprint density at radius 3 is 2.33 bits per heavy atom. The van der Waals surface area contributed by atoms with E-state index in [0.29, 0.717) is 0 Å². The van der Waals surface area contributed by atoms with Crippen LogP contribution in [0.4, 0.5) is 0 Å². The van der Waals surface area contributed by atoms with Crippen molar-refractivity contribution < 1.29 is 4.74 Å². The third kappa shape index (κ3) is 2.77. The summed E-state index contributed by atoms with van der Waals surface area (Å²) in [5.41, 5.74) is 0. The first kappa shape index (κ1) is 10.1. The number of rotatable bonds is 3. The summed E-state index contributed by atoms with van der Waals surface area (Å²) in [6, 6.07) is 18.4. The first-order valence-corrected chi connectivity index (χ1v) is 5.57. The summed E-state index contributed by atoms with van der Waals surface area (Å²) in [7, 11) is 1.69. The molecule has 0 N–H and O–H groups in total. The Labute approximate surface area is 94.1 Å². The molecule has 15 heavy (non-hydrogen) atoms. The number of benzene rings is 2. The van der Waals surface area contributed by atoms with E-state index >= 15 is 0 Å². The van der Waals surface area contributed by atoms with Gasteiger partial charge in [-0.05, 0) is 30.3 Å². The molecule has 0 aromatic heterocycles. The van der Waals surface area contributed by atoms with Gasteiger partial charge in [-0.25, -0.2) is 0 Å². The molecule has 76 valence electrons. The average Bonchev–Trinajstić information content (AvgIpc) is 2.31. The van der Waals surface area contributed by atoms with Crippen LogP contribution in [0, 0.1) is 0 Å². The van der Waals surface area contributed by atoms with Crippen LogP contribution in [0.2, 0.25) is 0 Å². The molecule has 2 heteroatoms. The molecule has 0 saturated heterocycles. The molecule has 1 nitrogen and oxygen atoms in total. The molecule has 0 heterocycles. The van der Waals surface area contributed by atoms with Crippen LogP contribution in [-0.4, -0.2) is 7.11 Å². The average molecular weight is 216 g/mol. The normalized spacial score (nSPS) is 9.93. The van der Waals surface area contributed by atoms with Crippen molar-refractivity contribution in [2.75, 3.05) is 7.11 Å². The largest absolute Gasteiger partial charge is 0.497 e. The van der Waals surface area contributed by atoms with Gasteiger partial charge in [-0.3, -0.25) is 0 Å². The monoisotopic (exact) mass is 216 g/mol. The zero-order valence-electron chi connectivity index (χ0n) is 8.51. The third-order valence-electron chi connectivity index (χ3n) is 2.02. The summed E-state index contributed by atoms with van der Waals surface area (Å²) < 4.78 is 5.18. The van der Waals surface area contributed by atoms with Gasteiger partial charge >= 0.3 is 0 Å². The van der Waals surface area contributed by atoms with Gasteiger partial charge in [0.2, 0.25) is 0 Å². The predicted molar refractivity (Wildman–Crippen MR) is 63.6 cm³/mol. The van der Waals surface area contributed by atoms with Crippen molar-refractivity contribution in [3.63, 3.8) is 0 Å². The summed E-state index contributed by atoms with van der Waals surface area (Å²) in [5.74, 6) is 0.899. The Balaban J connectivity index is 2.17. The summed E-state index contributed by atoms with van der Waals surface area (Å²) in [6.45, 7) is 0. The molecule has 2 aromatic carbocycles. The first-order valence-electron chi connectivity index (χ1n) is 4.75. The van der Waals surface area contributed by atoms with Gasteiger partial charge in [0.15, 0.2) is 0 Å². The highest BCUT2D eigenvalue weighted by atomic mass is 32.2. The van der Waals surface area contributed by atoms with Crippen molar-refractivity contribution >= 4 is 11.8 Å². The fourth-order valence-corrected chi connectivity index (χ4v) is 2.18. The van der Waals surface area contributed by atoms with Crippen LogP contribution >= 0.6 is 11.8 Å². The molecule has 0 spiro atoms. The topological polar surface area (TPSA) is 9.23 Å². The van der Waals surface area contributed by atoms with E-state index in [0.717, 1.165) is 5.75 Å². The molecule has 0 aliphatic rings. The highest BCUT2D eigenvalue weighted by Gasteiger charge is 1.97. The maximum Gasteiger partial charge on any atom is 0.119 e. The smallest absolute Gasteiger partial charge is 0.119 e. The predicted octanol–water partition coefficient (Wildman–Crippen LogP) is 3.85. The fourth-order valence-electron chi connectivity index (χ4n) is 1.29. The minimum absolute atomic E-state index is 0.899. The molecular weight excluding hydrogens is 204 g/mol. The van der Waals surface area contributed by atoms with Gasteiger partial charge in [0.05, 0.1) is 7.11 Å². The summed E-state index contributed by atoms with van der Waals surface area (Å²) >= 11 is 1.74. The Kier molecular flexibility index (Phi) is 3.30. The van der Waals surface area contributed by atoms with Gasteiger partial charge in [0.1, 0.15) is 5.75 Å². The second kappa shape index (κ2) is 4.89. The van der Waals surface area contributed by atoms with Crippen LogP contribution < -0.4 is 4.74 Å². The standard InChI is InChI=1S/C13H12OS/c1-14-11-6-5-9-13(10-11)15-12-7-3-2-4-8-12/h2-10H,1H3. The lowest BCUT2D eigenvalue weighted by molar-refractivity contribution is 0.413. The van der Waals surface area contributed by atoms with Gasteiger partial charge in [0, 0.05) is 9.79 Å². The van der Waals surface area contributed by atoms with Gasteiger partial charge in [0.25, 0.3) is 0 Å². The van der Waals surface area contributed by atoms with Gasteiger partial charge in [-0.2, -0.15) is 0 Å². The fraction of sp³-hybridized carbons (Fsp3) is 0.0769. The van der Waals surface area contributed by atoms with Crippen LogP contribution in [-0.2, 0) is 0 Å². The van der Waals surface area contributed by atoms with Gasteiger partial charge < -0.3 is 4.74 Å². The zero-order valence-corrected chi connectivity index (χ0v) is 9.33. The van der Waals surface area contributed by atoms with E-state index in [2.05, 4.69) is 18.2 Å². The minimum atomic E-state index is 0.899. The quantitative estimate of drug-likeness (QED) is 0.770. The van der Waals surface area contributed by atoms with Crippen molar-refractivity contribution in [3.8, 4) is 5.75 Å². The second-order valence-electron chi connectivity index (χ2n) is 3.09. The van der Waals surface area contributed by atoms with E-state index in [1.807, 2.05) is 36.4 Å². The van der Waals surface area contributed by atoms with Crippen molar-refractivity contribution in [1.82, 2.24) is 0 Å². The van der Waals surface area contributed by atoms with E-state index in [1.165, 1.54) is 9.79 Å². The van der Waals surface area contributed by atoms with Crippen LogP contribution in [0.5, 0.6) is 5.75 Å². The first-order chi connectivity index (χ1) is 7.38. The lowest BCUT2D eigenvalue weighted by Crippen LogP contribution is -1.81. The third-order valence-corrected chi connectivity index (χ3v) is 3.02. The van der Waals surface area contributed by atoms with Crippen LogP contribution in [0.15, 0.2) is 64.4 Å². The molecule has 0 unspecified atom stereocenters. The molecular formula is C13H12OS. The Hall–Kier alpha value is -1.41. The van der Waals surface area contributed by atoms with Gasteiger partial charge in [-0.15, -0.1) is 0 Å². The molecule has 0 bridgehead atoms. The van der Waals surface area contributed by atoms with Crippen LogP contribution in [0.25, 0.3) is 0 Å². The zero-order chi connectivity index (χ0) is 10.5. The second-order valence-corrected chi connectivity index (χ2v) is 4.24. The molecule has 0 radical (unpaired) electrons. The molecule has 0 atom stereocenters. The molecule has 0 aliphatic heterocycles. The SMILES string of the molecule is COc1cccc(Sc2ccccc2)c1. The van der Waals surface area contributed by atoms with E-state index in [-0.39, 0.29) is 0 Å². The number of hydrogen-bond donors (Lipinski definition) is 0. The lowest BCUT2D eigenvalue weighted by Gasteiger charge is -2.03. The van der Waals surface area contributed by atoms with E-state index in [1.54, 1.807) is 18.9 Å². The van der Waals surface area contributed by atoms with E-state index in [9.17, 15) is 0 Å². The Morgan fingerprint density at radius 1 is 0.867 bits per heavy atom. The highest BCUT2D eigenvalue weighted by Crippen LogP contribution is 2.29. The molecule has 2 rings (SSSR count). The number of methoxy groups -OCH3 is 1. The highest BCUT2D eigenvalue weighted by molar-refractivity contribution is 7.99. The Morgan fingerprint density at radius 2 is 1.60 bits per heavy atom. The Bertz CT molecular complexity index is 426. The van der Waals surface area contributed by atoms with E-state index in [4.69, 9.17) is 4.74 Å². The van der Waals surface area contributed by atoms with Gasteiger partial charge in [-0.1, -0.05) is 36.0 Å².